The van der Waals surface area contributed by atoms with Crippen molar-refractivity contribution in [1.82, 2.24) is 5.32 Å². The summed E-state index contributed by atoms with van der Waals surface area (Å²) in [6.07, 6.45) is 2.85. The molecule has 41 heavy (non-hydrogen) atoms. The van der Waals surface area contributed by atoms with E-state index in [-0.39, 0.29) is 11.3 Å². The van der Waals surface area contributed by atoms with Crippen molar-refractivity contribution >= 4 is 43.1 Å². The van der Waals surface area contributed by atoms with Crippen LogP contribution >= 0.6 is 11.3 Å². The smallest absolute Gasteiger partial charge is 0.257 e. The quantitative estimate of drug-likeness (QED) is 0.135. The molecule has 0 aliphatic carbocycles. The summed E-state index contributed by atoms with van der Waals surface area (Å²) in [4.78, 5) is 26.2. The number of carbonyl (C=O) groups excluding carboxylic acids is 1. The second-order valence-electron chi connectivity index (χ2n) is 10.1. The van der Waals surface area contributed by atoms with E-state index in [1.165, 1.54) is 22.5 Å². The Kier molecular flexibility index (Phi) is 8.97. The van der Waals surface area contributed by atoms with Crippen molar-refractivity contribution in [3.63, 3.8) is 0 Å². The van der Waals surface area contributed by atoms with Crippen LogP contribution in [0, 0.1) is 0 Å². The number of fused-ring (bicyclic) bond motifs is 2. The minimum Gasteiger partial charge on any atom is -0.493 e. The molecule has 5 aromatic rings. The van der Waals surface area contributed by atoms with Gasteiger partial charge in [-0.3, -0.25) is 9.59 Å². The van der Waals surface area contributed by atoms with Gasteiger partial charge in [-0.1, -0.05) is 36.4 Å². The number of hydrogen-bond donors (Lipinski definition) is 2. The molecule has 210 valence electrons. The van der Waals surface area contributed by atoms with Gasteiger partial charge >= 0.3 is 0 Å². The average Bonchev–Trinajstić information content (AvgIpc) is 3.00. The molecule has 0 saturated carbocycles. The molecule has 0 spiro atoms. The first-order valence-corrected chi connectivity index (χ1v) is 14.6. The van der Waals surface area contributed by atoms with E-state index in [0.717, 1.165) is 47.7 Å². The summed E-state index contributed by atoms with van der Waals surface area (Å²) in [5, 5.41) is 7.86. The predicted octanol–water partition coefficient (Wildman–Crippen LogP) is 6.84. The number of nitrogens with one attached hydrogen (secondary N) is 2. The van der Waals surface area contributed by atoms with Crippen LogP contribution in [-0.4, -0.2) is 32.7 Å². The molecule has 4 aromatic carbocycles. The van der Waals surface area contributed by atoms with E-state index in [0.29, 0.717) is 27.1 Å². The van der Waals surface area contributed by atoms with Crippen molar-refractivity contribution in [2.45, 2.75) is 32.2 Å². The van der Waals surface area contributed by atoms with Gasteiger partial charge in [0.1, 0.15) is 0 Å². The zero-order valence-corrected chi connectivity index (χ0v) is 24.3. The zero-order chi connectivity index (χ0) is 28.8. The topological polar surface area (TPSA) is 76.7 Å². The second kappa shape index (κ2) is 13.0. The lowest BCUT2D eigenvalue weighted by Crippen LogP contribution is -2.29. The minimum absolute atomic E-state index is 0.0433. The Bertz CT molecular complexity index is 1730. The van der Waals surface area contributed by atoms with E-state index < -0.39 is 0 Å². The monoisotopic (exact) mass is 566 g/mol. The van der Waals surface area contributed by atoms with Crippen LogP contribution in [0.15, 0.2) is 89.7 Å². The largest absolute Gasteiger partial charge is 0.493 e. The summed E-state index contributed by atoms with van der Waals surface area (Å²) in [5.41, 5.74) is 3.61. The fraction of sp³-hybridized carbons (Fsp3) is 0.235. The first kappa shape index (κ1) is 28.3. The van der Waals surface area contributed by atoms with E-state index in [4.69, 9.17) is 9.47 Å². The molecule has 1 heterocycles. The van der Waals surface area contributed by atoms with E-state index >= 15 is 0 Å². The third kappa shape index (κ3) is 6.59. The van der Waals surface area contributed by atoms with Crippen molar-refractivity contribution in [1.29, 1.82) is 0 Å². The molecule has 0 aliphatic heterocycles. The summed E-state index contributed by atoms with van der Waals surface area (Å²) in [5.74, 6) is 1.27. The molecule has 2 N–H and O–H groups in total. The Hall–Kier alpha value is -4.20. The average molecular weight is 567 g/mol. The van der Waals surface area contributed by atoms with Gasteiger partial charge in [-0.05, 0) is 92.4 Å². The number of amides is 1. The van der Waals surface area contributed by atoms with Gasteiger partial charge in [0.15, 0.2) is 16.9 Å². The van der Waals surface area contributed by atoms with Crippen molar-refractivity contribution in [3.05, 3.63) is 112 Å². The maximum Gasteiger partial charge on any atom is 0.257 e. The van der Waals surface area contributed by atoms with Crippen molar-refractivity contribution in [3.8, 4) is 11.5 Å². The number of rotatable bonds is 11. The molecule has 0 fully saturated rings. The van der Waals surface area contributed by atoms with Gasteiger partial charge in [-0.15, -0.1) is 11.3 Å². The highest BCUT2D eigenvalue weighted by Crippen LogP contribution is 2.29. The predicted molar refractivity (Wildman–Crippen MR) is 169 cm³/mol. The lowest BCUT2D eigenvalue weighted by atomic mass is 10.1. The van der Waals surface area contributed by atoms with E-state index in [1.807, 2.05) is 48.5 Å². The van der Waals surface area contributed by atoms with Gasteiger partial charge in [-0.25, -0.2) is 0 Å². The number of methoxy groups -OCH3 is 2. The highest BCUT2D eigenvalue weighted by Gasteiger charge is 2.15. The minimum atomic E-state index is -0.220. The number of carbonyl (C=O) groups is 1. The molecular formula is C34H34N2O4S. The van der Waals surface area contributed by atoms with Gasteiger partial charge in [0.25, 0.3) is 5.91 Å². The normalized spacial score (nSPS) is 11.9. The Morgan fingerprint density at radius 2 is 1.59 bits per heavy atom. The maximum atomic E-state index is 13.2. The van der Waals surface area contributed by atoms with Crippen molar-refractivity contribution < 1.29 is 14.3 Å². The number of aryl methyl sites for hydroxylation is 1. The van der Waals surface area contributed by atoms with Gasteiger partial charge < -0.3 is 20.1 Å². The molecule has 0 aliphatic rings. The first-order valence-electron chi connectivity index (χ1n) is 13.8. The van der Waals surface area contributed by atoms with Crippen LogP contribution < -0.4 is 25.5 Å². The lowest BCUT2D eigenvalue weighted by molar-refractivity contribution is 0.102. The number of hydrogen-bond acceptors (Lipinski definition) is 6. The molecule has 0 saturated heterocycles. The van der Waals surface area contributed by atoms with Crippen LogP contribution in [-0.2, 0) is 12.8 Å². The Balaban J connectivity index is 1.14. The highest BCUT2D eigenvalue weighted by molar-refractivity contribution is 7.24. The maximum absolute atomic E-state index is 13.2. The molecule has 7 heteroatoms. The molecule has 0 bridgehead atoms. The van der Waals surface area contributed by atoms with Crippen LogP contribution in [0.25, 0.3) is 20.2 Å². The van der Waals surface area contributed by atoms with Gasteiger partial charge in [0.2, 0.25) is 0 Å². The Morgan fingerprint density at radius 1 is 0.854 bits per heavy atom. The molecule has 1 unspecified atom stereocenters. The number of ether oxygens (including phenoxy) is 2. The van der Waals surface area contributed by atoms with Crippen LogP contribution in [0.2, 0.25) is 0 Å². The first-order chi connectivity index (χ1) is 20.0. The SMILES string of the molecule is COc1ccc(CC(C)NCCCc2ccc(NC(=O)c3cccc4c(=O)c5ccccc5sc34)cc2)cc1OC. The summed E-state index contributed by atoms with van der Waals surface area (Å²) in [7, 11) is 3.30. The molecule has 0 radical (unpaired) electrons. The summed E-state index contributed by atoms with van der Waals surface area (Å²) in [6, 6.07) is 27.2. The molecule has 6 nitrogen and oxygen atoms in total. The van der Waals surface area contributed by atoms with Crippen molar-refractivity contribution in [2.24, 2.45) is 0 Å². The van der Waals surface area contributed by atoms with Crippen LogP contribution in [0.4, 0.5) is 5.69 Å². The molecule has 1 amide bonds. The summed E-state index contributed by atoms with van der Waals surface area (Å²) < 4.78 is 12.3. The Labute approximate surface area is 243 Å². The Morgan fingerprint density at radius 3 is 2.37 bits per heavy atom. The van der Waals surface area contributed by atoms with E-state index in [1.54, 1.807) is 32.4 Å². The molecule has 1 aromatic heterocycles. The third-order valence-electron chi connectivity index (χ3n) is 7.18. The summed E-state index contributed by atoms with van der Waals surface area (Å²) in [6.45, 7) is 3.09. The highest BCUT2D eigenvalue weighted by atomic mass is 32.1. The standard InChI is InChI=1S/C34H34N2O4S/c1-22(20-24-15-18-29(39-2)30(21-24)40-3)35-19-7-8-23-13-16-25(17-14-23)36-34(38)28-11-6-10-27-32(37)26-9-4-5-12-31(26)41-33(27)28/h4-6,9-18,21-22,35H,7-8,19-20H2,1-3H3,(H,36,38). The fourth-order valence-electron chi connectivity index (χ4n) is 5.03. The number of benzene rings is 4. The molecule has 1 atom stereocenters. The van der Waals surface area contributed by atoms with Gasteiger partial charge in [0.05, 0.1) is 24.5 Å². The lowest BCUT2D eigenvalue weighted by Gasteiger charge is -2.15. The van der Waals surface area contributed by atoms with Crippen LogP contribution in [0.1, 0.15) is 34.8 Å². The fourth-order valence-corrected chi connectivity index (χ4v) is 6.21. The molecule has 5 rings (SSSR count). The van der Waals surface area contributed by atoms with Crippen LogP contribution in [0.5, 0.6) is 11.5 Å². The zero-order valence-electron chi connectivity index (χ0n) is 23.5. The van der Waals surface area contributed by atoms with Gasteiger partial charge in [0, 0.05) is 27.2 Å². The van der Waals surface area contributed by atoms with Gasteiger partial charge in [-0.2, -0.15) is 0 Å². The van der Waals surface area contributed by atoms with Crippen LogP contribution in [0.3, 0.4) is 0 Å². The van der Waals surface area contributed by atoms with E-state index in [9.17, 15) is 9.59 Å². The third-order valence-corrected chi connectivity index (χ3v) is 8.40. The second-order valence-corrected chi connectivity index (χ2v) is 11.2. The van der Waals surface area contributed by atoms with Crippen molar-refractivity contribution in [2.75, 3.05) is 26.1 Å². The van der Waals surface area contributed by atoms with E-state index in [2.05, 4.69) is 35.8 Å². The number of anilines is 1. The molecular weight excluding hydrogens is 532 g/mol. The summed E-state index contributed by atoms with van der Waals surface area (Å²) >= 11 is 1.47.